The Morgan fingerprint density at radius 1 is 1.53 bits per heavy atom. The molecule has 2 rings (SSSR count). The number of pyridine rings is 1. The highest BCUT2D eigenvalue weighted by atomic mass is 16.2. The van der Waals surface area contributed by atoms with Gasteiger partial charge >= 0.3 is 0 Å². The zero-order chi connectivity index (χ0) is 14.2. The Morgan fingerprint density at radius 3 is 2.79 bits per heavy atom. The van der Waals surface area contributed by atoms with Crippen LogP contribution in [0.25, 0.3) is 0 Å². The van der Waals surface area contributed by atoms with Crippen LogP contribution < -0.4 is 10.2 Å². The Balaban J connectivity index is 2.57. The van der Waals surface area contributed by atoms with Crippen LogP contribution in [0.15, 0.2) is 18.3 Å². The molecule has 5 heteroatoms. The molecule has 0 bridgehead atoms. The summed E-state index contributed by atoms with van der Waals surface area (Å²) in [5.41, 5.74) is 0.938. The first kappa shape index (κ1) is 13.5. The van der Waals surface area contributed by atoms with Crippen molar-refractivity contribution >= 4 is 17.5 Å². The highest BCUT2D eigenvalue weighted by molar-refractivity contribution is 5.96. The summed E-state index contributed by atoms with van der Waals surface area (Å²) in [4.78, 5) is 30.1. The van der Waals surface area contributed by atoms with E-state index in [0.29, 0.717) is 6.42 Å². The first-order chi connectivity index (χ1) is 8.91. The average molecular weight is 261 g/mol. The number of carbonyl (C=O) groups excluding carboxylic acids is 2. The molecular weight excluding hydrogens is 242 g/mol. The number of fused-ring (bicyclic) bond motifs is 1. The summed E-state index contributed by atoms with van der Waals surface area (Å²) in [6.45, 7) is 5.31. The van der Waals surface area contributed by atoms with Crippen molar-refractivity contribution in [3.05, 3.63) is 24.0 Å². The zero-order valence-electron chi connectivity index (χ0n) is 11.7. The molecule has 0 spiro atoms. The van der Waals surface area contributed by atoms with Gasteiger partial charge in [0, 0.05) is 32.6 Å². The quantitative estimate of drug-likeness (QED) is 0.824. The second kappa shape index (κ2) is 4.64. The van der Waals surface area contributed by atoms with Gasteiger partial charge in [-0.2, -0.15) is 0 Å². The predicted molar refractivity (Wildman–Crippen MR) is 72.7 cm³/mol. The Bertz CT molecular complexity index is 529. The summed E-state index contributed by atoms with van der Waals surface area (Å²) >= 11 is 0. The molecule has 0 saturated carbocycles. The van der Waals surface area contributed by atoms with Crippen LogP contribution >= 0.6 is 0 Å². The molecule has 2 heterocycles. The minimum Gasteiger partial charge on any atom is -0.359 e. The Hall–Kier alpha value is -1.91. The van der Waals surface area contributed by atoms with Gasteiger partial charge in [-0.3, -0.25) is 14.6 Å². The SMILES string of the molecule is CNC(=O)C1(C)Cc2ncccc2N(C(C)=O)C1C. The largest absolute Gasteiger partial charge is 0.359 e. The molecule has 0 fully saturated rings. The number of hydrogen-bond donors (Lipinski definition) is 1. The molecule has 0 radical (unpaired) electrons. The van der Waals surface area contributed by atoms with Gasteiger partial charge in [0.25, 0.3) is 0 Å². The van der Waals surface area contributed by atoms with Crippen LogP contribution in [0, 0.1) is 5.41 Å². The number of nitrogens with one attached hydrogen (secondary N) is 1. The molecule has 2 amide bonds. The predicted octanol–water partition coefficient (Wildman–Crippen LogP) is 1.13. The van der Waals surface area contributed by atoms with E-state index < -0.39 is 5.41 Å². The maximum Gasteiger partial charge on any atom is 0.228 e. The van der Waals surface area contributed by atoms with Crippen molar-refractivity contribution < 1.29 is 9.59 Å². The van der Waals surface area contributed by atoms with Crippen LogP contribution in [0.2, 0.25) is 0 Å². The van der Waals surface area contributed by atoms with E-state index in [1.165, 1.54) is 6.92 Å². The van der Waals surface area contributed by atoms with Crippen LogP contribution in [0.4, 0.5) is 5.69 Å². The summed E-state index contributed by atoms with van der Waals surface area (Å²) in [6, 6.07) is 3.48. The highest BCUT2D eigenvalue weighted by Crippen LogP contribution is 2.40. The van der Waals surface area contributed by atoms with Crippen molar-refractivity contribution in [3.63, 3.8) is 0 Å². The fourth-order valence-corrected chi connectivity index (χ4v) is 2.77. The van der Waals surface area contributed by atoms with Gasteiger partial charge in [-0.25, -0.2) is 0 Å². The van der Waals surface area contributed by atoms with Gasteiger partial charge < -0.3 is 10.2 Å². The van der Waals surface area contributed by atoms with E-state index >= 15 is 0 Å². The summed E-state index contributed by atoms with van der Waals surface area (Å²) in [5.74, 6) is -0.140. The van der Waals surface area contributed by atoms with Crippen LogP contribution in [-0.2, 0) is 16.0 Å². The molecule has 1 N–H and O–H groups in total. The van der Waals surface area contributed by atoms with E-state index in [1.54, 1.807) is 18.1 Å². The molecule has 102 valence electrons. The zero-order valence-corrected chi connectivity index (χ0v) is 11.7. The van der Waals surface area contributed by atoms with E-state index in [0.717, 1.165) is 11.4 Å². The maximum atomic E-state index is 12.2. The minimum atomic E-state index is -0.665. The normalized spacial score (nSPS) is 25.7. The summed E-state index contributed by atoms with van der Waals surface area (Å²) in [7, 11) is 1.62. The Kier molecular flexibility index (Phi) is 3.30. The number of hydrogen-bond acceptors (Lipinski definition) is 3. The van der Waals surface area contributed by atoms with Gasteiger partial charge in [0.05, 0.1) is 16.8 Å². The smallest absolute Gasteiger partial charge is 0.228 e. The number of carbonyl (C=O) groups is 2. The third-order valence-electron chi connectivity index (χ3n) is 4.05. The van der Waals surface area contributed by atoms with E-state index in [2.05, 4.69) is 10.3 Å². The maximum absolute atomic E-state index is 12.2. The fraction of sp³-hybridized carbons (Fsp3) is 0.500. The van der Waals surface area contributed by atoms with Crippen LogP contribution in [0.5, 0.6) is 0 Å². The second-order valence-corrected chi connectivity index (χ2v) is 5.21. The van der Waals surface area contributed by atoms with E-state index in [1.807, 2.05) is 26.0 Å². The minimum absolute atomic E-state index is 0.0671. The van der Waals surface area contributed by atoms with Crippen molar-refractivity contribution in [2.75, 3.05) is 11.9 Å². The van der Waals surface area contributed by atoms with Gasteiger partial charge in [-0.1, -0.05) is 0 Å². The fourth-order valence-electron chi connectivity index (χ4n) is 2.77. The molecule has 0 aromatic carbocycles. The van der Waals surface area contributed by atoms with Crippen molar-refractivity contribution in [1.29, 1.82) is 0 Å². The standard InChI is InChI=1S/C14H19N3O2/c1-9-14(3,13(19)15-4)8-11-12(6-5-7-16-11)17(9)10(2)18/h5-7,9H,8H2,1-4H3,(H,15,19). The topological polar surface area (TPSA) is 62.3 Å². The van der Waals surface area contributed by atoms with Crippen molar-refractivity contribution in [3.8, 4) is 0 Å². The molecule has 1 aromatic rings. The first-order valence-electron chi connectivity index (χ1n) is 6.37. The Morgan fingerprint density at radius 2 is 2.21 bits per heavy atom. The molecule has 1 aliphatic rings. The van der Waals surface area contributed by atoms with Crippen molar-refractivity contribution in [1.82, 2.24) is 10.3 Å². The average Bonchev–Trinajstić information content (AvgIpc) is 2.38. The van der Waals surface area contributed by atoms with Gasteiger partial charge in [0.2, 0.25) is 11.8 Å². The first-order valence-corrected chi connectivity index (χ1v) is 6.37. The molecule has 2 atom stereocenters. The lowest BCUT2D eigenvalue weighted by Crippen LogP contribution is -2.57. The summed E-state index contributed by atoms with van der Waals surface area (Å²) in [6.07, 6.45) is 2.23. The lowest BCUT2D eigenvalue weighted by atomic mass is 9.74. The van der Waals surface area contributed by atoms with Gasteiger partial charge in [-0.15, -0.1) is 0 Å². The van der Waals surface area contributed by atoms with E-state index in [9.17, 15) is 9.59 Å². The molecule has 19 heavy (non-hydrogen) atoms. The van der Waals surface area contributed by atoms with Crippen molar-refractivity contribution in [2.45, 2.75) is 33.2 Å². The molecule has 1 aromatic heterocycles. The Labute approximate surface area is 113 Å². The lowest BCUT2D eigenvalue weighted by molar-refractivity contribution is -0.131. The van der Waals surface area contributed by atoms with Gasteiger partial charge in [-0.05, 0) is 26.0 Å². The van der Waals surface area contributed by atoms with Gasteiger partial charge in [0.15, 0.2) is 0 Å². The molecule has 1 aliphatic heterocycles. The molecule has 0 aliphatic carbocycles. The number of nitrogens with zero attached hydrogens (tertiary/aromatic N) is 2. The highest BCUT2D eigenvalue weighted by Gasteiger charge is 2.47. The van der Waals surface area contributed by atoms with Gasteiger partial charge in [0.1, 0.15) is 0 Å². The monoisotopic (exact) mass is 261 g/mol. The van der Waals surface area contributed by atoms with Crippen molar-refractivity contribution in [2.24, 2.45) is 5.41 Å². The summed E-state index contributed by atoms with van der Waals surface area (Å²) in [5, 5.41) is 2.69. The number of aromatic nitrogens is 1. The van der Waals surface area contributed by atoms with E-state index in [4.69, 9.17) is 0 Å². The number of amides is 2. The third kappa shape index (κ3) is 1.99. The second-order valence-electron chi connectivity index (χ2n) is 5.21. The number of rotatable bonds is 1. The summed E-state index contributed by atoms with van der Waals surface area (Å²) < 4.78 is 0. The van der Waals surface area contributed by atoms with Crippen LogP contribution in [-0.4, -0.2) is 29.9 Å². The lowest BCUT2D eigenvalue weighted by Gasteiger charge is -2.45. The molecule has 2 unspecified atom stereocenters. The third-order valence-corrected chi connectivity index (χ3v) is 4.05. The van der Waals surface area contributed by atoms with E-state index in [-0.39, 0.29) is 17.9 Å². The molecule has 0 saturated heterocycles. The molecule has 5 nitrogen and oxygen atoms in total. The number of anilines is 1. The van der Waals surface area contributed by atoms with Crippen LogP contribution in [0.1, 0.15) is 26.5 Å². The molecular formula is C14H19N3O2. The van der Waals surface area contributed by atoms with Crippen LogP contribution in [0.3, 0.4) is 0 Å².